The first-order valence-corrected chi connectivity index (χ1v) is 10.8. The zero-order chi connectivity index (χ0) is 19.2. The van der Waals surface area contributed by atoms with E-state index >= 15 is 0 Å². The van der Waals surface area contributed by atoms with Crippen LogP contribution in [0.3, 0.4) is 0 Å². The van der Waals surface area contributed by atoms with Crippen LogP contribution in [0.4, 0.5) is 5.69 Å². The summed E-state index contributed by atoms with van der Waals surface area (Å²) in [5, 5.41) is 3.25. The third-order valence-corrected chi connectivity index (χ3v) is 6.36. The van der Waals surface area contributed by atoms with Crippen molar-refractivity contribution in [1.29, 1.82) is 0 Å². The third kappa shape index (κ3) is 4.58. The van der Waals surface area contributed by atoms with E-state index in [2.05, 4.69) is 40.5 Å². The predicted octanol–water partition coefficient (Wildman–Crippen LogP) is 2.42. The Morgan fingerprint density at radius 3 is 2.50 bits per heavy atom. The summed E-state index contributed by atoms with van der Waals surface area (Å²) in [6, 6.07) is 14.8. The van der Waals surface area contributed by atoms with Crippen molar-refractivity contribution in [2.75, 3.05) is 37.6 Å². The van der Waals surface area contributed by atoms with Gasteiger partial charge in [0.2, 0.25) is 5.91 Å². The van der Waals surface area contributed by atoms with Crippen LogP contribution in [0, 0.1) is 5.92 Å². The molecule has 1 aromatic heterocycles. The van der Waals surface area contributed by atoms with Gasteiger partial charge in [-0.05, 0) is 37.1 Å². The number of anilines is 1. The second kappa shape index (κ2) is 9.28. The molecule has 150 valence electrons. The lowest BCUT2D eigenvalue weighted by atomic mass is 9.88. The quantitative estimate of drug-likeness (QED) is 0.807. The Balaban J connectivity index is 1.36. The van der Waals surface area contributed by atoms with Crippen molar-refractivity contribution in [3.63, 3.8) is 0 Å². The summed E-state index contributed by atoms with van der Waals surface area (Å²) < 4.78 is 5.75. The summed E-state index contributed by atoms with van der Waals surface area (Å²) in [7, 11) is 0. The number of para-hydroxylation sites is 1. The van der Waals surface area contributed by atoms with Crippen LogP contribution >= 0.6 is 0 Å². The van der Waals surface area contributed by atoms with Gasteiger partial charge in [0, 0.05) is 11.6 Å². The van der Waals surface area contributed by atoms with E-state index < -0.39 is 0 Å². The lowest BCUT2D eigenvalue weighted by Crippen LogP contribution is -3.15. The van der Waals surface area contributed by atoms with Gasteiger partial charge in [0.05, 0.1) is 39.0 Å². The smallest absolute Gasteiger partial charge is 0.223 e. The second-order valence-electron chi connectivity index (χ2n) is 8.13. The van der Waals surface area contributed by atoms with Gasteiger partial charge in [-0.3, -0.25) is 4.79 Å². The number of amides is 1. The lowest BCUT2D eigenvalue weighted by molar-refractivity contribution is -0.932. The first kappa shape index (κ1) is 19.1. The summed E-state index contributed by atoms with van der Waals surface area (Å²) in [6.45, 7) is 4.78. The summed E-state index contributed by atoms with van der Waals surface area (Å²) in [4.78, 5) is 16.6. The number of quaternary nitrogens is 1. The summed E-state index contributed by atoms with van der Waals surface area (Å²) in [6.07, 6.45) is 7.47. The Morgan fingerprint density at radius 1 is 1.07 bits per heavy atom. The minimum Gasteiger partial charge on any atom is -0.463 e. The molecule has 2 fully saturated rings. The topological polar surface area (TPSA) is 49.9 Å². The lowest BCUT2D eigenvalue weighted by Gasteiger charge is -2.37. The van der Waals surface area contributed by atoms with Crippen molar-refractivity contribution in [3.05, 3.63) is 54.5 Å². The summed E-state index contributed by atoms with van der Waals surface area (Å²) in [5.74, 6) is 1.42. The summed E-state index contributed by atoms with van der Waals surface area (Å²) >= 11 is 0. The van der Waals surface area contributed by atoms with Crippen LogP contribution in [0.1, 0.15) is 43.9 Å². The molecule has 0 unspecified atom stereocenters. The fraction of sp³-hybridized carbons (Fsp3) is 0.522. The molecule has 5 nitrogen and oxygen atoms in total. The summed E-state index contributed by atoms with van der Waals surface area (Å²) in [5.41, 5.74) is 1.29. The van der Waals surface area contributed by atoms with Gasteiger partial charge < -0.3 is 19.5 Å². The van der Waals surface area contributed by atoms with Crippen molar-refractivity contribution in [1.82, 2.24) is 5.32 Å². The highest BCUT2D eigenvalue weighted by molar-refractivity contribution is 5.78. The van der Waals surface area contributed by atoms with E-state index in [1.807, 2.05) is 12.1 Å². The number of furan rings is 1. The van der Waals surface area contributed by atoms with Crippen LogP contribution in [-0.4, -0.2) is 38.6 Å². The SMILES string of the molecule is O=C(NC[C@H](c1ccco1)[NH+]1CCN(c2ccccc2)CC1)C1CCCCC1. The minimum atomic E-state index is 0.181. The van der Waals surface area contributed by atoms with Crippen LogP contribution in [0.25, 0.3) is 0 Å². The van der Waals surface area contributed by atoms with Crippen LogP contribution in [-0.2, 0) is 4.79 Å². The van der Waals surface area contributed by atoms with Crippen molar-refractivity contribution < 1.29 is 14.1 Å². The van der Waals surface area contributed by atoms with Crippen LogP contribution < -0.4 is 15.1 Å². The van der Waals surface area contributed by atoms with Crippen molar-refractivity contribution in [3.8, 4) is 0 Å². The number of benzene rings is 1. The fourth-order valence-corrected chi connectivity index (χ4v) is 4.69. The first-order valence-electron chi connectivity index (χ1n) is 10.8. The van der Waals surface area contributed by atoms with E-state index in [-0.39, 0.29) is 17.9 Å². The number of rotatable bonds is 6. The standard InChI is InChI=1S/C23H31N3O2/c27-23(19-8-3-1-4-9-19)24-18-21(22-12-7-17-28-22)26-15-13-25(14-16-26)20-10-5-2-6-11-20/h2,5-7,10-12,17,19,21H,1,3-4,8-9,13-16,18H2,(H,24,27)/p+1/t21-/m1/s1. The van der Waals surface area contributed by atoms with Crippen LogP contribution in [0.5, 0.6) is 0 Å². The Bertz CT molecular complexity index is 718. The molecule has 0 spiro atoms. The first-order chi connectivity index (χ1) is 13.8. The van der Waals surface area contributed by atoms with E-state index in [9.17, 15) is 4.79 Å². The van der Waals surface area contributed by atoms with E-state index in [1.54, 1.807) is 6.26 Å². The molecule has 2 aromatic rings. The number of hydrogen-bond acceptors (Lipinski definition) is 3. The number of carbonyl (C=O) groups excluding carboxylic acids is 1. The molecule has 1 aliphatic heterocycles. The molecule has 1 aliphatic carbocycles. The molecule has 2 heterocycles. The molecule has 1 saturated carbocycles. The Morgan fingerprint density at radius 2 is 1.82 bits per heavy atom. The normalized spacial score (nSPS) is 20.1. The largest absolute Gasteiger partial charge is 0.463 e. The molecule has 4 rings (SSSR count). The minimum absolute atomic E-state index is 0.181. The second-order valence-corrected chi connectivity index (χ2v) is 8.13. The van der Waals surface area contributed by atoms with Gasteiger partial charge >= 0.3 is 0 Å². The molecule has 5 heteroatoms. The average Bonchev–Trinajstić information content (AvgIpc) is 3.30. The number of piperazine rings is 1. The Labute approximate surface area is 167 Å². The van der Waals surface area contributed by atoms with E-state index in [0.29, 0.717) is 6.54 Å². The maximum Gasteiger partial charge on any atom is 0.223 e. The molecule has 0 radical (unpaired) electrons. The molecule has 0 bridgehead atoms. The Kier molecular flexibility index (Phi) is 6.32. The molecule has 1 saturated heterocycles. The van der Waals surface area contributed by atoms with Gasteiger partial charge in [-0.15, -0.1) is 0 Å². The molecule has 1 aromatic carbocycles. The monoisotopic (exact) mass is 382 g/mol. The van der Waals surface area contributed by atoms with Crippen molar-refractivity contribution >= 4 is 11.6 Å². The third-order valence-electron chi connectivity index (χ3n) is 6.36. The molecular formula is C23H32N3O2+. The maximum absolute atomic E-state index is 12.6. The van der Waals surface area contributed by atoms with Gasteiger partial charge in [-0.2, -0.15) is 0 Å². The number of nitrogens with zero attached hydrogens (tertiary/aromatic N) is 1. The highest BCUT2D eigenvalue weighted by atomic mass is 16.3. The van der Waals surface area contributed by atoms with Gasteiger partial charge in [0.15, 0.2) is 11.8 Å². The average molecular weight is 383 g/mol. The predicted molar refractivity (Wildman–Crippen MR) is 110 cm³/mol. The van der Waals surface area contributed by atoms with E-state index in [0.717, 1.165) is 44.8 Å². The van der Waals surface area contributed by atoms with Gasteiger partial charge in [-0.1, -0.05) is 37.5 Å². The van der Waals surface area contributed by atoms with E-state index in [1.165, 1.54) is 29.8 Å². The zero-order valence-electron chi connectivity index (χ0n) is 16.6. The van der Waals surface area contributed by atoms with Gasteiger partial charge in [0.1, 0.15) is 0 Å². The number of nitrogens with one attached hydrogen (secondary N) is 2. The molecule has 2 N–H and O–H groups in total. The van der Waals surface area contributed by atoms with Gasteiger partial charge in [-0.25, -0.2) is 0 Å². The van der Waals surface area contributed by atoms with Crippen molar-refractivity contribution in [2.24, 2.45) is 5.92 Å². The molecule has 2 aliphatic rings. The highest BCUT2D eigenvalue weighted by Gasteiger charge is 2.31. The van der Waals surface area contributed by atoms with Gasteiger partial charge in [0.25, 0.3) is 0 Å². The number of carbonyl (C=O) groups is 1. The van der Waals surface area contributed by atoms with Crippen LogP contribution in [0.15, 0.2) is 53.1 Å². The highest BCUT2D eigenvalue weighted by Crippen LogP contribution is 2.23. The molecule has 28 heavy (non-hydrogen) atoms. The fourth-order valence-electron chi connectivity index (χ4n) is 4.69. The Hall–Kier alpha value is -2.27. The zero-order valence-corrected chi connectivity index (χ0v) is 16.6. The molecular weight excluding hydrogens is 350 g/mol. The van der Waals surface area contributed by atoms with E-state index in [4.69, 9.17) is 4.42 Å². The molecule has 1 amide bonds. The maximum atomic E-state index is 12.6. The van der Waals surface area contributed by atoms with Crippen LogP contribution in [0.2, 0.25) is 0 Å². The number of hydrogen-bond donors (Lipinski definition) is 2. The molecule has 1 atom stereocenters. The van der Waals surface area contributed by atoms with Crippen molar-refractivity contribution in [2.45, 2.75) is 38.1 Å².